The van der Waals surface area contributed by atoms with Crippen LogP contribution in [0.3, 0.4) is 0 Å². The third-order valence-corrected chi connectivity index (χ3v) is 6.05. The van der Waals surface area contributed by atoms with Gasteiger partial charge in [-0.2, -0.15) is 0 Å². The van der Waals surface area contributed by atoms with E-state index in [1.54, 1.807) is 11.3 Å². The number of carbonyl (C=O) groups is 1. The van der Waals surface area contributed by atoms with Crippen molar-refractivity contribution < 1.29 is 4.79 Å². The molecule has 0 bridgehead atoms. The van der Waals surface area contributed by atoms with Crippen molar-refractivity contribution in [3.8, 4) is 0 Å². The molecule has 1 saturated carbocycles. The summed E-state index contributed by atoms with van der Waals surface area (Å²) in [7, 11) is 2.12. The molecule has 6 heteroatoms. The van der Waals surface area contributed by atoms with Gasteiger partial charge in [0.2, 0.25) is 5.91 Å². The van der Waals surface area contributed by atoms with E-state index < -0.39 is 0 Å². The van der Waals surface area contributed by atoms with Crippen LogP contribution in [0.5, 0.6) is 0 Å². The lowest BCUT2D eigenvalue weighted by Crippen LogP contribution is -2.25. The number of amides is 1. The predicted molar refractivity (Wildman–Crippen MR) is 95.8 cm³/mol. The van der Waals surface area contributed by atoms with Crippen molar-refractivity contribution in [2.24, 2.45) is 5.92 Å². The summed E-state index contributed by atoms with van der Waals surface area (Å²) >= 11 is 5.11. The first-order valence-corrected chi connectivity index (χ1v) is 9.44. The number of likely N-dealkylation sites (N-methyl/N-ethyl adjacent to an activating group) is 1. The number of aromatic nitrogens is 1. The smallest absolute Gasteiger partial charge is 0.229 e. The summed E-state index contributed by atoms with van der Waals surface area (Å²) < 4.78 is 1.07. The molecule has 1 fully saturated rings. The van der Waals surface area contributed by atoms with Crippen LogP contribution in [-0.4, -0.2) is 29.4 Å². The van der Waals surface area contributed by atoms with Crippen molar-refractivity contribution in [2.45, 2.75) is 25.3 Å². The highest BCUT2D eigenvalue weighted by molar-refractivity contribution is 9.10. The van der Waals surface area contributed by atoms with E-state index in [0.29, 0.717) is 5.92 Å². The van der Waals surface area contributed by atoms with Crippen LogP contribution < -0.4 is 5.32 Å². The van der Waals surface area contributed by atoms with Crippen molar-refractivity contribution in [1.82, 2.24) is 9.88 Å². The van der Waals surface area contributed by atoms with E-state index >= 15 is 0 Å². The summed E-state index contributed by atoms with van der Waals surface area (Å²) in [6.45, 7) is 1.98. The van der Waals surface area contributed by atoms with Crippen LogP contribution in [0.25, 0.3) is 0 Å². The van der Waals surface area contributed by atoms with Crippen LogP contribution in [0.2, 0.25) is 0 Å². The first kappa shape index (κ1) is 15.3. The van der Waals surface area contributed by atoms with E-state index in [4.69, 9.17) is 0 Å². The van der Waals surface area contributed by atoms with Crippen LogP contribution in [0.4, 0.5) is 5.13 Å². The van der Waals surface area contributed by atoms with E-state index in [0.717, 1.165) is 41.2 Å². The molecule has 1 N–H and O–H groups in total. The molecule has 2 atom stereocenters. The molecule has 23 heavy (non-hydrogen) atoms. The average Bonchev–Trinajstić information content (AvgIpc) is 3.22. The number of nitrogens with one attached hydrogen (secondary N) is 1. The Hall–Kier alpha value is -1.24. The van der Waals surface area contributed by atoms with Crippen molar-refractivity contribution in [3.63, 3.8) is 0 Å². The Labute approximate surface area is 148 Å². The third kappa shape index (κ3) is 3.20. The second kappa shape index (κ2) is 6.00. The maximum Gasteiger partial charge on any atom is 0.229 e. The van der Waals surface area contributed by atoms with E-state index in [-0.39, 0.29) is 11.8 Å². The Balaban J connectivity index is 1.42. The normalized spacial score (nSPS) is 23.4. The molecule has 0 saturated heterocycles. The largest absolute Gasteiger partial charge is 0.302 e. The van der Waals surface area contributed by atoms with E-state index in [1.165, 1.54) is 10.4 Å². The van der Waals surface area contributed by atoms with Gasteiger partial charge < -0.3 is 10.2 Å². The van der Waals surface area contributed by atoms with Gasteiger partial charge in [0.1, 0.15) is 0 Å². The number of halogens is 1. The number of thiazole rings is 1. The summed E-state index contributed by atoms with van der Waals surface area (Å²) in [5.41, 5.74) is 2.39. The molecular formula is C17H18BrN3OS. The Morgan fingerprint density at radius 2 is 2.35 bits per heavy atom. The summed E-state index contributed by atoms with van der Waals surface area (Å²) in [5, 5.41) is 3.79. The Bertz CT molecular complexity index is 760. The zero-order valence-electron chi connectivity index (χ0n) is 12.9. The number of nitrogens with zero attached hydrogens (tertiary/aromatic N) is 2. The van der Waals surface area contributed by atoms with Gasteiger partial charge in [-0.05, 0) is 37.1 Å². The third-order valence-electron chi connectivity index (χ3n) is 4.56. The molecule has 1 aliphatic heterocycles. The van der Waals surface area contributed by atoms with Gasteiger partial charge in [-0.3, -0.25) is 4.79 Å². The van der Waals surface area contributed by atoms with Crippen molar-refractivity contribution >= 4 is 38.3 Å². The van der Waals surface area contributed by atoms with Crippen LogP contribution in [-0.2, 0) is 17.8 Å². The van der Waals surface area contributed by atoms with Gasteiger partial charge in [0.05, 0.1) is 5.69 Å². The van der Waals surface area contributed by atoms with Gasteiger partial charge in [-0.15, -0.1) is 11.3 Å². The predicted octanol–water partition coefficient (Wildman–Crippen LogP) is 3.64. The second-order valence-electron chi connectivity index (χ2n) is 6.37. The lowest BCUT2D eigenvalue weighted by Gasteiger charge is -2.20. The van der Waals surface area contributed by atoms with Gasteiger partial charge in [-0.25, -0.2) is 4.98 Å². The number of anilines is 1. The zero-order valence-corrected chi connectivity index (χ0v) is 15.3. The minimum absolute atomic E-state index is 0.0768. The molecule has 2 aromatic rings. The van der Waals surface area contributed by atoms with Crippen molar-refractivity contribution in [3.05, 3.63) is 44.9 Å². The molecule has 0 radical (unpaired) electrons. The van der Waals surface area contributed by atoms with Crippen LogP contribution in [0, 0.1) is 5.92 Å². The molecule has 0 spiro atoms. The molecule has 1 aliphatic carbocycles. The molecule has 120 valence electrons. The molecule has 1 aromatic carbocycles. The number of hydrogen-bond donors (Lipinski definition) is 1. The number of benzene rings is 1. The van der Waals surface area contributed by atoms with Crippen molar-refractivity contribution in [2.75, 3.05) is 18.9 Å². The standard InChI is InChI=1S/C17H18BrN3OS/c1-21-6-5-14-15(9-21)23-17(19-14)20-16(22)13-8-12(13)10-3-2-4-11(18)7-10/h2-4,7,12-13H,5-6,8-9H2,1H3,(H,19,20,22). The van der Waals surface area contributed by atoms with Gasteiger partial charge in [0.25, 0.3) is 0 Å². The summed E-state index contributed by atoms with van der Waals surface area (Å²) in [4.78, 5) is 20.6. The number of rotatable bonds is 3. The van der Waals surface area contributed by atoms with Crippen molar-refractivity contribution in [1.29, 1.82) is 0 Å². The second-order valence-corrected chi connectivity index (χ2v) is 8.37. The minimum atomic E-state index is 0.0768. The fourth-order valence-electron chi connectivity index (χ4n) is 3.17. The molecule has 1 aromatic heterocycles. The highest BCUT2D eigenvalue weighted by Crippen LogP contribution is 2.48. The molecule has 4 nitrogen and oxygen atoms in total. The first-order valence-electron chi connectivity index (χ1n) is 7.83. The fraction of sp³-hybridized carbons (Fsp3) is 0.412. The molecular weight excluding hydrogens is 374 g/mol. The van der Waals surface area contributed by atoms with Gasteiger partial charge >= 0.3 is 0 Å². The van der Waals surface area contributed by atoms with Gasteiger partial charge in [0.15, 0.2) is 5.13 Å². The summed E-state index contributed by atoms with van der Waals surface area (Å²) in [5.74, 6) is 0.524. The first-order chi connectivity index (χ1) is 11.1. The highest BCUT2D eigenvalue weighted by Gasteiger charge is 2.44. The monoisotopic (exact) mass is 391 g/mol. The Morgan fingerprint density at radius 3 is 3.17 bits per heavy atom. The lowest BCUT2D eigenvalue weighted by atomic mass is 10.1. The Kier molecular flexibility index (Phi) is 3.99. The zero-order chi connectivity index (χ0) is 16.0. The van der Waals surface area contributed by atoms with E-state index in [2.05, 4.69) is 50.3 Å². The summed E-state index contributed by atoms with van der Waals surface area (Å²) in [6, 6.07) is 8.24. The van der Waals surface area contributed by atoms with Crippen LogP contribution >= 0.6 is 27.3 Å². The maximum atomic E-state index is 12.5. The number of hydrogen-bond acceptors (Lipinski definition) is 4. The maximum absolute atomic E-state index is 12.5. The van der Waals surface area contributed by atoms with E-state index in [9.17, 15) is 4.79 Å². The van der Waals surface area contributed by atoms with Gasteiger partial charge in [-0.1, -0.05) is 28.1 Å². The summed E-state index contributed by atoms with van der Waals surface area (Å²) in [6.07, 6.45) is 1.90. The quantitative estimate of drug-likeness (QED) is 0.868. The lowest BCUT2D eigenvalue weighted by molar-refractivity contribution is -0.117. The number of carbonyl (C=O) groups excluding carboxylic acids is 1. The Morgan fingerprint density at radius 1 is 1.48 bits per heavy atom. The van der Waals surface area contributed by atoms with Gasteiger partial charge in [0, 0.05) is 34.8 Å². The van der Waals surface area contributed by atoms with Crippen LogP contribution in [0.1, 0.15) is 28.5 Å². The molecule has 4 rings (SSSR count). The fourth-order valence-corrected chi connectivity index (χ4v) is 4.67. The molecule has 2 unspecified atom stereocenters. The highest BCUT2D eigenvalue weighted by atomic mass is 79.9. The molecule has 2 aliphatic rings. The number of fused-ring (bicyclic) bond motifs is 1. The SMILES string of the molecule is CN1CCc2nc(NC(=O)C3CC3c3cccc(Br)c3)sc2C1. The van der Waals surface area contributed by atoms with E-state index in [1.807, 2.05) is 12.1 Å². The van der Waals surface area contributed by atoms with Crippen LogP contribution in [0.15, 0.2) is 28.7 Å². The molecule has 1 amide bonds. The average molecular weight is 392 g/mol. The topological polar surface area (TPSA) is 45.2 Å². The molecule has 2 heterocycles. The minimum Gasteiger partial charge on any atom is -0.302 e.